The first-order chi connectivity index (χ1) is 6.49. The van der Waals surface area contributed by atoms with Gasteiger partial charge in [0.1, 0.15) is 0 Å². The van der Waals surface area contributed by atoms with Crippen LogP contribution in [0.15, 0.2) is 18.2 Å². The Hall–Kier alpha value is -0.780. The minimum absolute atomic E-state index is 0.275. The molecule has 1 aromatic carbocycles. The molecule has 0 radical (unpaired) electrons. The van der Waals surface area contributed by atoms with E-state index in [0.717, 1.165) is 12.8 Å². The van der Waals surface area contributed by atoms with E-state index in [1.54, 1.807) is 0 Å². The standard InChI is InChI=1S/C14H22/c1-6-11-8-9-13(14(3,4)5)12(7-2)10-11/h8-10H,6-7H2,1-5H3. The fraction of sp³-hybridized carbons (Fsp3) is 0.571. The number of benzene rings is 1. The molecule has 0 unspecified atom stereocenters. The van der Waals surface area contributed by atoms with Crippen LogP contribution in [0.2, 0.25) is 0 Å². The molecule has 0 heteroatoms. The van der Waals surface area contributed by atoms with Crippen molar-refractivity contribution in [2.75, 3.05) is 0 Å². The lowest BCUT2D eigenvalue weighted by molar-refractivity contribution is 0.583. The van der Waals surface area contributed by atoms with Crippen LogP contribution in [-0.2, 0) is 18.3 Å². The van der Waals surface area contributed by atoms with Gasteiger partial charge in [0.15, 0.2) is 0 Å². The van der Waals surface area contributed by atoms with Crippen molar-refractivity contribution in [3.05, 3.63) is 34.9 Å². The lowest BCUT2D eigenvalue weighted by Gasteiger charge is -2.23. The zero-order chi connectivity index (χ0) is 10.8. The molecular formula is C14H22. The molecule has 0 aromatic heterocycles. The molecule has 78 valence electrons. The van der Waals surface area contributed by atoms with Crippen molar-refractivity contribution >= 4 is 0 Å². The van der Waals surface area contributed by atoms with Crippen LogP contribution in [0.1, 0.15) is 51.3 Å². The lowest BCUT2D eigenvalue weighted by Crippen LogP contribution is -2.14. The summed E-state index contributed by atoms with van der Waals surface area (Å²) in [5.41, 5.74) is 4.74. The topological polar surface area (TPSA) is 0 Å². The normalized spacial score (nSPS) is 11.8. The summed E-state index contributed by atoms with van der Waals surface area (Å²) in [6, 6.07) is 6.93. The zero-order valence-corrected chi connectivity index (χ0v) is 10.1. The van der Waals surface area contributed by atoms with E-state index in [0.29, 0.717) is 0 Å². The highest BCUT2D eigenvalue weighted by molar-refractivity contribution is 5.36. The van der Waals surface area contributed by atoms with Gasteiger partial charge in [0.2, 0.25) is 0 Å². The smallest absolute Gasteiger partial charge is 0.0129 e. The molecule has 0 spiro atoms. The van der Waals surface area contributed by atoms with Gasteiger partial charge in [-0.1, -0.05) is 52.8 Å². The second-order valence-corrected chi connectivity index (χ2v) is 4.95. The van der Waals surface area contributed by atoms with E-state index < -0.39 is 0 Å². The van der Waals surface area contributed by atoms with Crippen molar-refractivity contribution in [1.82, 2.24) is 0 Å². The van der Waals surface area contributed by atoms with Gasteiger partial charge in [-0.2, -0.15) is 0 Å². The van der Waals surface area contributed by atoms with Crippen molar-refractivity contribution in [1.29, 1.82) is 0 Å². The molecule has 0 saturated heterocycles. The Labute approximate surface area is 88.4 Å². The Morgan fingerprint density at radius 3 is 2.07 bits per heavy atom. The molecular weight excluding hydrogens is 168 g/mol. The molecule has 0 fully saturated rings. The van der Waals surface area contributed by atoms with E-state index in [-0.39, 0.29) is 5.41 Å². The van der Waals surface area contributed by atoms with Crippen LogP contribution in [0, 0.1) is 0 Å². The number of hydrogen-bond acceptors (Lipinski definition) is 0. The molecule has 1 aromatic rings. The van der Waals surface area contributed by atoms with E-state index in [1.807, 2.05) is 0 Å². The van der Waals surface area contributed by atoms with Crippen LogP contribution >= 0.6 is 0 Å². The van der Waals surface area contributed by atoms with Gasteiger partial charge in [0.25, 0.3) is 0 Å². The number of hydrogen-bond donors (Lipinski definition) is 0. The van der Waals surface area contributed by atoms with E-state index in [2.05, 4.69) is 52.8 Å². The molecule has 0 nitrogen and oxygen atoms in total. The fourth-order valence-corrected chi connectivity index (χ4v) is 1.89. The Morgan fingerprint density at radius 2 is 1.64 bits per heavy atom. The average molecular weight is 190 g/mol. The van der Waals surface area contributed by atoms with Crippen LogP contribution in [-0.4, -0.2) is 0 Å². The molecule has 0 aliphatic rings. The monoisotopic (exact) mass is 190 g/mol. The summed E-state index contributed by atoms with van der Waals surface area (Å²) in [4.78, 5) is 0. The van der Waals surface area contributed by atoms with E-state index in [4.69, 9.17) is 0 Å². The lowest BCUT2D eigenvalue weighted by atomic mass is 9.82. The Balaban J connectivity index is 3.18. The van der Waals surface area contributed by atoms with E-state index in [1.165, 1.54) is 16.7 Å². The minimum Gasteiger partial charge on any atom is -0.0613 e. The Morgan fingerprint density at radius 1 is 1.00 bits per heavy atom. The van der Waals surface area contributed by atoms with Gasteiger partial charge in [0.05, 0.1) is 0 Å². The fourth-order valence-electron chi connectivity index (χ4n) is 1.89. The Bertz CT molecular complexity index is 302. The quantitative estimate of drug-likeness (QED) is 0.658. The van der Waals surface area contributed by atoms with Gasteiger partial charge in [-0.05, 0) is 34.9 Å². The van der Waals surface area contributed by atoms with Crippen molar-refractivity contribution in [2.45, 2.75) is 52.9 Å². The van der Waals surface area contributed by atoms with Gasteiger partial charge in [-0.3, -0.25) is 0 Å². The summed E-state index contributed by atoms with van der Waals surface area (Å²) in [7, 11) is 0. The predicted molar refractivity (Wildman–Crippen MR) is 63.9 cm³/mol. The van der Waals surface area contributed by atoms with E-state index in [9.17, 15) is 0 Å². The third-order valence-corrected chi connectivity index (χ3v) is 2.77. The largest absolute Gasteiger partial charge is 0.0613 e. The molecule has 0 bridgehead atoms. The minimum atomic E-state index is 0.275. The highest BCUT2D eigenvalue weighted by Gasteiger charge is 2.16. The summed E-state index contributed by atoms with van der Waals surface area (Å²) in [6.45, 7) is 11.3. The molecule has 0 aliphatic carbocycles. The van der Waals surface area contributed by atoms with Crippen molar-refractivity contribution in [3.63, 3.8) is 0 Å². The molecule has 0 aliphatic heterocycles. The second kappa shape index (κ2) is 4.16. The van der Waals surface area contributed by atoms with Crippen LogP contribution in [0.5, 0.6) is 0 Å². The molecule has 0 amide bonds. The van der Waals surface area contributed by atoms with Crippen LogP contribution in [0.4, 0.5) is 0 Å². The number of aryl methyl sites for hydroxylation is 2. The molecule has 1 rings (SSSR count). The number of rotatable bonds is 2. The summed E-state index contributed by atoms with van der Waals surface area (Å²) in [6.07, 6.45) is 2.28. The Kier molecular flexibility index (Phi) is 3.36. The summed E-state index contributed by atoms with van der Waals surface area (Å²) in [5.74, 6) is 0. The highest BCUT2D eigenvalue weighted by Crippen LogP contribution is 2.27. The third-order valence-electron chi connectivity index (χ3n) is 2.77. The average Bonchev–Trinajstić information content (AvgIpc) is 2.15. The van der Waals surface area contributed by atoms with Gasteiger partial charge >= 0.3 is 0 Å². The van der Waals surface area contributed by atoms with Gasteiger partial charge in [-0.15, -0.1) is 0 Å². The first-order valence-electron chi connectivity index (χ1n) is 5.61. The van der Waals surface area contributed by atoms with E-state index >= 15 is 0 Å². The first-order valence-corrected chi connectivity index (χ1v) is 5.61. The predicted octanol–water partition coefficient (Wildman–Crippen LogP) is 4.11. The third kappa shape index (κ3) is 2.37. The summed E-state index contributed by atoms with van der Waals surface area (Å²) in [5, 5.41) is 0. The van der Waals surface area contributed by atoms with Gasteiger partial charge < -0.3 is 0 Å². The zero-order valence-electron chi connectivity index (χ0n) is 10.1. The maximum Gasteiger partial charge on any atom is -0.0129 e. The van der Waals surface area contributed by atoms with Gasteiger partial charge in [0, 0.05) is 0 Å². The van der Waals surface area contributed by atoms with Gasteiger partial charge in [-0.25, -0.2) is 0 Å². The summed E-state index contributed by atoms with van der Waals surface area (Å²) < 4.78 is 0. The van der Waals surface area contributed by atoms with Crippen molar-refractivity contribution in [3.8, 4) is 0 Å². The maximum absolute atomic E-state index is 2.36. The molecule has 0 saturated carbocycles. The van der Waals surface area contributed by atoms with Crippen molar-refractivity contribution in [2.24, 2.45) is 0 Å². The first kappa shape index (κ1) is 11.3. The highest BCUT2D eigenvalue weighted by atomic mass is 14.2. The molecule has 0 heterocycles. The molecule has 14 heavy (non-hydrogen) atoms. The van der Waals surface area contributed by atoms with Crippen molar-refractivity contribution < 1.29 is 0 Å². The second-order valence-electron chi connectivity index (χ2n) is 4.95. The van der Waals surface area contributed by atoms with Crippen LogP contribution in [0.3, 0.4) is 0 Å². The summed E-state index contributed by atoms with van der Waals surface area (Å²) >= 11 is 0. The van der Waals surface area contributed by atoms with Crippen LogP contribution in [0.25, 0.3) is 0 Å². The molecule has 0 atom stereocenters. The SMILES string of the molecule is CCc1ccc(C(C)(C)C)c(CC)c1. The molecule has 0 N–H and O–H groups in total. The maximum atomic E-state index is 2.36. The van der Waals surface area contributed by atoms with Crippen LogP contribution < -0.4 is 0 Å².